The lowest BCUT2D eigenvalue weighted by molar-refractivity contribution is -0.190. The molecule has 0 spiro atoms. The van der Waals surface area contributed by atoms with Crippen LogP contribution in [0.15, 0.2) is 12.4 Å². The second-order valence-electron chi connectivity index (χ2n) is 2.66. The van der Waals surface area contributed by atoms with E-state index < -0.39 is 12.0 Å². The Morgan fingerprint density at radius 3 is 2.40 bits per heavy atom. The van der Waals surface area contributed by atoms with Gasteiger partial charge in [-0.1, -0.05) is 0 Å². The maximum Gasteiger partial charge on any atom is 0.424 e. The van der Waals surface area contributed by atoms with Crippen molar-refractivity contribution in [2.45, 2.75) is 13.0 Å². The van der Waals surface area contributed by atoms with Gasteiger partial charge in [0.2, 0.25) is 0 Å². The SMILES string of the molecule is Br.CCN1C=CN(C(F)(F)C(=O)O)C1.Cl. The number of carboxylic acids is 1. The number of halogens is 4. The predicted octanol–water partition coefficient (Wildman–Crippen LogP) is 1.73. The molecule has 0 atom stereocenters. The summed E-state index contributed by atoms with van der Waals surface area (Å²) >= 11 is 0. The zero-order valence-electron chi connectivity index (χ0n) is 7.89. The number of carboxylic acid groups (broad SMARTS) is 1. The largest absolute Gasteiger partial charge is 0.475 e. The topological polar surface area (TPSA) is 43.8 Å². The minimum absolute atomic E-state index is 0. The van der Waals surface area contributed by atoms with E-state index in [1.807, 2.05) is 0 Å². The lowest BCUT2D eigenvalue weighted by Gasteiger charge is -2.25. The van der Waals surface area contributed by atoms with Crippen molar-refractivity contribution in [2.75, 3.05) is 13.2 Å². The average molecular weight is 310 g/mol. The number of aliphatic carboxylic acids is 1. The summed E-state index contributed by atoms with van der Waals surface area (Å²) in [6, 6.07) is -3.82. The van der Waals surface area contributed by atoms with Gasteiger partial charge >= 0.3 is 12.0 Å². The molecule has 0 amide bonds. The molecule has 1 aliphatic rings. The number of nitrogens with zero attached hydrogens (tertiary/aromatic N) is 2. The molecular weight excluding hydrogens is 297 g/mol. The Morgan fingerprint density at radius 1 is 1.53 bits per heavy atom. The van der Waals surface area contributed by atoms with Gasteiger partial charge in [0.05, 0.1) is 6.67 Å². The molecule has 0 saturated carbocycles. The van der Waals surface area contributed by atoms with Gasteiger partial charge in [-0.05, 0) is 6.92 Å². The Hall–Kier alpha value is -0.560. The van der Waals surface area contributed by atoms with Crippen molar-refractivity contribution >= 4 is 35.4 Å². The van der Waals surface area contributed by atoms with Crippen LogP contribution in [0.4, 0.5) is 8.78 Å². The molecule has 0 fully saturated rings. The van der Waals surface area contributed by atoms with E-state index >= 15 is 0 Å². The molecule has 0 aromatic heterocycles. The smallest absolute Gasteiger partial charge is 0.424 e. The summed E-state index contributed by atoms with van der Waals surface area (Å²) in [5.41, 5.74) is 0. The Morgan fingerprint density at radius 2 is 2.07 bits per heavy atom. The second-order valence-corrected chi connectivity index (χ2v) is 2.66. The van der Waals surface area contributed by atoms with Crippen LogP contribution in [0.5, 0.6) is 0 Å². The van der Waals surface area contributed by atoms with Crippen molar-refractivity contribution in [3.8, 4) is 0 Å². The molecular formula is C7H12BrClF2N2O2. The summed E-state index contributed by atoms with van der Waals surface area (Å²) in [7, 11) is 0. The first-order valence-corrected chi connectivity index (χ1v) is 3.78. The lowest BCUT2D eigenvalue weighted by Crippen LogP contribution is -2.45. The monoisotopic (exact) mass is 308 g/mol. The van der Waals surface area contributed by atoms with Crippen molar-refractivity contribution in [1.82, 2.24) is 9.80 Å². The van der Waals surface area contributed by atoms with Gasteiger partial charge in [-0.2, -0.15) is 8.78 Å². The molecule has 1 aliphatic heterocycles. The standard InChI is InChI=1S/C7H10F2N2O2.BrH.ClH/c1-2-10-3-4-11(5-10)7(8,9)6(12)13;;/h3-4H,2,5H2,1H3,(H,12,13);2*1H. The summed E-state index contributed by atoms with van der Waals surface area (Å²) in [6.45, 7) is 2.28. The van der Waals surface area contributed by atoms with Gasteiger partial charge in [0.25, 0.3) is 0 Å². The van der Waals surface area contributed by atoms with Crippen LogP contribution in [-0.4, -0.2) is 40.1 Å². The first-order chi connectivity index (χ1) is 5.98. The fourth-order valence-corrected chi connectivity index (χ4v) is 0.975. The third kappa shape index (κ3) is 3.49. The summed E-state index contributed by atoms with van der Waals surface area (Å²) in [5.74, 6) is -2.13. The van der Waals surface area contributed by atoms with Crippen LogP contribution in [-0.2, 0) is 4.79 Å². The van der Waals surface area contributed by atoms with Gasteiger partial charge in [-0.3, -0.25) is 4.90 Å². The van der Waals surface area contributed by atoms with Crippen LogP contribution in [0.1, 0.15) is 6.92 Å². The molecule has 90 valence electrons. The molecule has 0 saturated heterocycles. The Kier molecular flexibility index (Phi) is 6.87. The summed E-state index contributed by atoms with van der Waals surface area (Å²) in [6.07, 6.45) is 2.52. The van der Waals surface area contributed by atoms with E-state index in [-0.39, 0.29) is 36.1 Å². The third-order valence-electron chi connectivity index (χ3n) is 1.82. The first-order valence-electron chi connectivity index (χ1n) is 3.78. The van der Waals surface area contributed by atoms with Gasteiger partial charge in [-0.15, -0.1) is 29.4 Å². The molecule has 0 aromatic carbocycles. The molecule has 0 radical (unpaired) electrons. The quantitative estimate of drug-likeness (QED) is 0.807. The normalized spacial score (nSPS) is 14.6. The van der Waals surface area contributed by atoms with Gasteiger partial charge in [0.1, 0.15) is 0 Å². The average Bonchev–Trinajstić information content (AvgIpc) is 2.51. The molecule has 1 N–H and O–H groups in total. The van der Waals surface area contributed by atoms with E-state index in [1.54, 1.807) is 11.8 Å². The van der Waals surface area contributed by atoms with Crippen LogP contribution in [0, 0.1) is 0 Å². The molecule has 1 heterocycles. The first kappa shape index (κ1) is 16.9. The highest BCUT2D eigenvalue weighted by Crippen LogP contribution is 2.23. The predicted molar refractivity (Wildman–Crippen MR) is 58.4 cm³/mol. The van der Waals surface area contributed by atoms with E-state index in [0.717, 1.165) is 6.20 Å². The molecule has 0 unspecified atom stereocenters. The molecule has 8 heteroatoms. The van der Waals surface area contributed by atoms with Crippen molar-refractivity contribution < 1.29 is 18.7 Å². The zero-order valence-corrected chi connectivity index (χ0v) is 10.4. The second kappa shape index (κ2) is 6.12. The lowest BCUT2D eigenvalue weighted by atomic mass is 10.5. The van der Waals surface area contributed by atoms with E-state index in [9.17, 15) is 13.6 Å². The molecule has 1 rings (SSSR count). The highest BCUT2D eigenvalue weighted by molar-refractivity contribution is 8.93. The van der Waals surface area contributed by atoms with Crippen LogP contribution in [0.2, 0.25) is 0 Å². The van der Waals surface area contributed by atoms with Gasteiger partial charge in [0, 0.05) is 18.9 Å². The fourth-order valence-electron chi connectivity index (χ4n) is 0.975. The van der Waals surface area contributed by atoms with E-state index in [4.69, 9.17) is 5.11 Å². The molecule has 15 heavy (non-hydrogen) atoms. The number of rotatable bonds is 3. The van der Waals surface area contributed by atoms with Crippen LogP contribution < -0.4 is 0 Å². The van der Waals surface area contributed by atoms with Crippen molar-refractivity contribution in [1.29, 1.82) is 0 Å². The molecule has 0 aliphatic carbocycles. The summed E-state index contributed by atoms with van der Waals surface area (Å²) < 4.78 is 25.6. The number of hydrogen-bond acceptors (Lipinski definition) is 3. The van der Waals surface area contributed by atoms with Crippen molar-refractivity contribution in [3.05, 3.63) is 12.4 Å². The van der Waals surface area contributed by atoms with Crippen molar-refractivity contribution in [3.63, 3.8) is 0 Å². The third-order valence-corrected chi connectivity index (χ3v) is 1.82. The summed E-state index contributed by atoms with van der Waals surface area (Å²) in [4.78, 5) is 12.2. The van der Waals surface area contributed by atoms with Crippen LogP contribution >= 0.6 is 29.4 Å². The minimum atomic E-state index is -3.82. The Balaban J connectivity index is 0. The van der Waals surface area contributed by atoms with E-state index in [0.29, 0.717) is 11.4 Å². The molecule has 0 bridgehead atoms. The van der Waals surface area contributed by atoms with Crippen LogP contribution in [0.25, 0.3) is 0 Å². The van der Waals surface area contributed by atoms with Gasteiger partial charge < -0.3 is 10.0 Å². The fraction of sp³-hybridized carbons (Fsp3) is 0.571. The Bertz CT molecular complexity index is 253. The van der Waals surface area contributed by atoms with Gasteiger partial charge in [0.15, 0.2) is 0 Å². The highest BCUT2D eigenvalue weighted by atomic mass is 79.9. The maximum absolute atomic E-state index is 12.8. The minimum Gasteiger partial charge on any atom is -0.475 e. The molecule has 4 nitrogen and oxygen atoms in total. The Labute approximate surface area is 103 Å². The summed E-state index contributed by atoms with van der Waals surface area (Å²) in [5, 5.41) is 8.22. The zero-order chi connectivity index (χ0) is 10.1. The molecule has 0 aromatic rings. The van der Waals surface area contributed by atoms with Crippen molar-refractivity contribution in [2.24, 2.45) is 0 Å². The number of hydrogen-bond donors (Lipinski definition) is 1. The maximum atomic E-state index is 12.8. The van der Waals surface area contributed by atoms with Gasteiger partial charge in [-0.25, -0.2) is 4.79 Å². The number of carbonyl (C=O) groups is 1. The van der Waals surface area contributed by atoms with Crippen LogP contribution in [0.3, 0.4) is 0 Å². The number of alkyl halides is 2. The highest BCUT2D eigenvalue weighted by Gasteiger charge is 2.45. The van der Waals surface area contributed by atoms with E-state index in [1.165, 1.54) is 6.20 Å². The van der Waals surface area contributed by atoms with E-state index in [2.05, 4.69) is 0 Å².